The Kier molecular flexibility index (Phi) is 21.6. The van der Waals surface area contributed by atoms with Crippen LogP contribution in [0.25, 0.3) is 0 Å². The second kappa shape index (κ2) is 19.1. The van der Waals surface area contributed by atoms with E-state index in [0.717, 1.165) is 22.2 Å². The Hall–Kier alpha value is 1.61. The summed E-state index contributed by atoms with van der Waals surface area (Å²) in [7, 11) is 0.628. The fourth-order valence-electron chi connectivity index (χ4n) is 1.75. The Labute approximate surface area is 242 Å². The molecule has 4 nitrogen and oxygen atoms in total. The number of aromatic carboxylic acids is 2. The molecule has 0 unspecified atom stereocenters. The van der Waals surface area contributed by atoms with Crippen LogP contribution in [-0.2, 0) is 9.47 Å². The normalized spacial score (nSPS) is 9.03. The molecular weight excluding hydrogens is 978 g/mol. The van der Waals surface area contributed by atoms with E-state index in [1.807, 2.05) is 39.8 Å². The summed E-state index contributed by atoms with van der Waals surface area (Å²) in [6, 6.07) is 10.2. The molecule has 0 amide bonds. The van der Waals surface area contributed by atoms with Gasteiger partial charge in [-0.05, 0) is 74.2 Å². The molecule has 0 saturated heterocycles. The van der Waals surface area contributed by atoms with Gasteiger partial charge in [0.2, 0.25) is 0 Å². The molecule has 10 heteroatoms. The van der Waals surface area contributed by atoms with Crippen LogP contribution >= 0.6 is 108 Å². The summed E-state index contributed by atoms with van der Waals surface area (Å²) in [5.74, 6) is -1.73. The third-order valence-corrected chi connectivity index (χ3v) is 3.51. The van der Waals surface area contributed by atoms with Crippen molar-refractivity contribution < 1.29 is 29.3 Å². The zero-order valence-corrected chi connectivity index (χ0v) is 28.3. The molecule has 2 aromatic rings. The average Bonchev–Trinajstić information content (AvgIpc) is 2.60. The van der Waals surface area contributed by atoms with Crippen LogP contribution < -0.4 is 0 Å². The van der Waals surface area contributed by atoms with Crippen molar-refractivity contribution in [2.45, 2.75) is 27.6 Å². The molecule has 0 saturated carbocycles. The van der Waals surface area contributed by atoms with Crippen LogP contribution in [0.2, 0.25) is 0 Å². The number of carboxylic acid groups (broad SMARTS) is 2. The third-order valence-electron chi connectivity index (χ3n) is 3.51. The summed E-state index contributed by atoms with van der Waals surface area (Å²) in [4.78, 5) is 20.9. The van der Waals surface area contributed by atoms with Gasteiger partial charge in [-0.25, -0.2) is 9.59 Å². The maximum atomic E-state index is 10.5. The van der Waals surface area contributed by atoms with E-state index < -0.39 is 11.9 Å². The predicted molar refractivity (Wildman–Crippen MR) is 160 cm³/mol. The fraction of sp³-hybridized carbons (Fsp3) is 0.263. The quantitative estimate of drug-likeness (QED) is 0.235. The summed E-state index contributed by atoms with van der Waals surface area (Å²) in [5, 5.41) is 17.2. The first-order valence-electron chi connectivity index (χ1n) is 7.82. The number of halogens is 5. The van der Waals surface area contributed by atoms with Crippen molar-refractivity contribution in [2.24, 2.45) is 0 Å². The minimum atomic E-state index is -0.867. The summed E-state index contributed by atoms with van der Waals surface area (Å²) in [6.07, 6.45) is 0. The average molecular weight is 999 g/mol. The molecule has 0 heterocycles. The second-order valence-corrected chi connectivity index (χ2v) is 28.2. The molecule has 0 aliphatic carbocycles. The topological polar surface area (TPSA) is 74.6 Å². The van der Waals surface area contributed by atoms with Gasteiger partial charge in [0.05, 0.1) is 11.1 Å². The van der Waals surface area contributed by atoms with Gasteiger partial charge in [0, 0.05) is 0 Å². The Bertz CT molecular complexity index is 721. The number of carbonyl (C=O) groups is 2. The molecule has 0 atom stereocenters. The predicted octanol–water partition coefficient (Wildman–Crippen LogP) is 8.35. The SMILES string of the molecule is Cc1ccc(C(=O)O)cc1C.Cc1ccc(C(=O)O)cc1C.IC(I)I.[I][V][I]. The van der Waals surface area contributed by atoms with Gasteiger partial charge in [-0.2, -0.15) is 0 Å². The van der Waals surface area contributed by atoms with E-state index in [9.17, 15) is 9.59 Å². The van der Waals surface area contributed by atoms with Crippen molar-refractivity contribution in [3.63, 3.8) is 0 Å². The van der Waals surface area contributed by atoms with Gasteiger partial charge >= 0.3 is 61.4 Å². The molecule has 2 rings (SSSR count). The number of benzene rings is 2. The Morgan fingerprint density at radius 1 is 0.724 bits per heavy atom. The first-order valence-corrected chi connectivity index (χ1v) is 20.6. The van der Waals surface area contributed by atoms with Crippen molar-refractivity contribution in [3.8, 4) is 0 Å². The molecule has 0 radical (unpaired) electrons. The van der Waals surface area contributed by atoms with Gasteiger partial charge in [-0.3, -0.25) is 0 Å². The molecular formula is C19H21I5O4V. The number of carboxylic acids is 2. The van der Waals surface area contributed by atoms with E-state index in [1.54, 1.807) is 24.3 Å². The van der Waals surface area contributed by atoms with E-state index in [4.69, 9.17) is 10.2 Å². The summed E-state index contributed by atoms with van der Waals surface area (Å²) in [5.41, 5.74) is 4.99. The van der Waals surface area contributed by atoms with Crippen LogP contribution in [0.5, 0.6) is 0 Å². The van der Waals surface area contributed by atoms with Gasteiger partial charge < -0.3 is 10.2 Å². The fourth-order valence-corrected chi connectivity index (χ4v) is 1.75. The van der Waals surface area contributed by atoms with Crippen LogP contribution in [0.4, 0.5) is 0 Å². The van der Waals surface area contributed by atoms with Gasteiger partial charge in [0.25, 0.3) is 0 Å². The maximum absolute atomic E-state index is 10.5. The van der Waals surface area contributed by atoms with Crippen molar-refractivity contribution in [3.05, 3.63) is 69.8 Å². The van der Waals surface area contributed by atoms with E-state index in [2.05, 4.69) is 108 Å². The third kappa shape index (κ3) is 17.8. The van der Waals surface area contributed by atoms with E-state index in [-0.39, 0.29) is 0 Å². The summed E-state index contributed by atoms with van der Waals surface area (Å²) < 4.78 is 0.743. The number of hydrogen-bond acceptors (Lipinski definition) is 2. The van der Waals surface area contributed by atoms with Crippen molar-refractivity contribution >= 4 is 120 Å². The van der Waals surface area contributed by atoms with Gasteiger partial charge in [-0.15, -0.1) is 0 Å². The summed E-state index contributed by atoms with van der Waals surface area (Å²) >= 11 is 11.7. The zero-order valence-electron chi connectivity index (χ0n) is 16.1. The van der Waals surface area contributed by atoms with Crippen LogP contribution in [0.15, 0.2) is 36.4 Å². The molecule has 0 aliphatic rings. The first-order chi connectivity index (χ1) is 13.4. The number of aryl methyl sites for hydroxylation is 4. The number of hydrogen-bond donors (Lipinski definition) is 2. The van der Waals surface area contributed by atoms with Crippen LogP contribution in [0.1, 0.15) is 43.0 Å². The second-order valence-electron chi connectivity index (χ2n) is 5.52. The molecule has 0 aromatic heterocycles. The van der Waals surface area contributed by atoms with Crippen LogP contribution in [-0.4, -0.2) is 22.1 Å². The number of alkyl halides is 3. The van der Waals surface area contributed by atoms with Gasteiger partial charge in [-0.1, -0.05) is 79.9 Å². The number of rotatable bonds is 2. The zero-order chi connectivity index (χ0) is 23.1. The minimum absolute atomic E-state index is 0.355. The van der Waals surface area contributed by atoms with E-state index >= 15 is 0 Å². The van der Waals surface area contributed by atoms with Crippen molar-refractivity contribution in [1.29, 1.82) is 0 Å². The summed E-state index contributed by atoms with van der Waals surface area (Å²) in [6.45, 7) is 7.73. The van der Waals surface area contributed by atoms with Crippen LogP contribution in [0.3, 0.4) is 0 Å². The van der Waals surface area contributed by atoms with E-state index in [1.165, 1.54) is 0 Å². The van der Waals surface area contributed by atoms with Gasteiger partial charge in [0.15, 0.2) is 0 Å². The molecule has 0 aliphatic heterocycles. The molecule has 2 N–H and O–H groups in total. The van der Waals surface area contributed by atoms with Crippen molar-refractivity contribution in [1.82, 2.24) is 0 Å². The Balaban J connectivity index is 0. The molecule has 161 valence electrons. The van der Waals surface area contributed by atoms with Crippen LogP contribution in [0, 0.1) is 27.7 Å². The molecule has 29 heavy (non-hydrogen) atoms. The standard InChI is InChI=1S/2C9H10O2.CHI3.2HI.V/c2*1-6-3-4-8(9(10)11)5-7(6)2;2-1(3)4;;;/h2*3-5H,1-2H3,(H,10,11);1H;2*1H;/q;;;;;+2/p-2. The Morgan fingerprint density at radius 3 is 1.14 bits per heavy atom. The first kappa shape index (κ1) is 32.8. The molecule has 0 bridgehead atoms. The van der Waals surface area contributed by atoms with Crippen molar-refractivity contribution in [2.75, 3.05) is 0 Å². The monoisotopic (exact) mass is 999 g/mol. The molecule has 0 fully saturated rings. The Morgan fingerprint density at radius 2 is 0.966 bits per heavy atom. The molecule has 2 aromatic carbocycles. The molecule has 0 spiro atoms. The van der Waals surface area contributed by atoms with Gasteiger partial charge in [0.1, 0.15) is -0.0619 Å². The van der Waals surface area contributed by atoms with E-state index in [0.29, 0.717) is 20.6 Å².